The Morgan fingerprint density at radius 1 is 0.966 bits per heavy atom. The number of rotatable bonds is 14. The number of aliphatic hydroxyl groups is 1. The number of aliphatic hydroxyl groups excluding tert-OH is 1. The van der Waals surface area contributed by atoms with Crippen LogP contribution in [0.3, 0.4) is 0 Å². The second-order valence-electron chi connectivity index (χ2n) is 13.9. The molecular formula is C40H41F8N3O8. The maximum atomic E-state index is 15.4. The van der Waals surface area contributed by atoms with Gasteiger partial charge in [-0.15, -0.1) is 0 Å². The van der Waals surface area contributed by atoms with Gasteiger partial charge in [-0.05, 0) is 85.8 Å². The maximum absolute atomic E-state index is 15.4. The molecule has 2 atom stereocenters. The van der Waals surface area contributed by atoms with Crippen molar-refractivity contribution in [1.82, 2.24) is 10.2 Å². The molecule has 2 aliphatic rings. The first-order valence-electron chi connectivity index (χ1n) is 18.4. The first-order valence-corrected chi connectivity index (χ1v) is 18.4. The summed E-state index contributed by atoms with van der Waals surface area (Å²) in [5.41, 5.74) is -3.57. The highest BCUT2D eigenvalue weighted by Crippen LogP contribution is 2.37. The lowest BCUT2D eigenvalue weighted by Gasteiger charge is -2.29. The van der Waals surface area contributed by atoms with Gasteiger partial charge in [0.05, 0.1) is 17.6 Å². The van der Waals surface area contributed by atoms with Gasteiger partial charge in [0.15, 0.2) is 23.1 Å². The predicted molar refractivity (Wildman–Crippen MR) is 197 cm³/mol. The van der Waals surface area contributed by atoms with E-state index in [1.54, 1.807) is 11.9 Å². The summed E-state index contributed by atoms with van der Waals surface area (Å²) in [4.78, 5) is 54.3. The summed E-state index contributed by atoms with van der Waals surface area (Å²) in [6, 6.07) is 2.51. The zero-order valence-electron chi connectivity index (χ0n) is 31.6. The quantitative estimate of drug-likeness (QED) is 0.0503. The highest BCUT2D eigenvalue weighted by Gasteiger charge is 2.36. The fourth-order valence-electron chi connectivity index (χ4n) is 6.58. The highest BCUT2D eigenvalue weighted by molar-refractivity contribution is 6.20. The van der Waals surface area contributed by atoms with Gasteiger partial charge in [0.25, 0.3) is 0 Å². The van der Waals surface area contributed by atoms with Crippen molar-refractivity contribution in [2.45, 2.75) is 82.2 Å². The van der Waals surface area contributed by atoms with E-state index in [1.807, 2.05) is 0 Å². The molecule has 0 bridgehead atoms. The minimum absolute atomic E-state index is 0.0808. The lowest BCUT2D eigenvalue weighted by Crippen LogP contribution is -2.40. The molecule has 1 unspecified atom stereocenters. The van der Waals surface area contributed by atoms with Crippen LogP contribution in [0.15, 0.2) is 64.5 Å². The standard InChI is InChI=1S/C40H41F8N3O8/c1-51-15-3-2-6-29(52)35(30(53)11-8-22-7-10-25(39(43,44)45)19-27(22)23-5-4-13-50-33(18-23)40(46,47)48)31(54)20-26(51)17-24-9-12-32(37(42)36(24)41)59-16-14-49-28(38(57)58)21-34(55)56/h5,7,9-10,12-13,18-19,26,28,49,53H,2-4,6,8,11,14-17,20-21H2,1H3,(H,55,56)(H,57,58)/t26?,28-/m0/s1. The number of carboxylic acids is 2. The molecule has 2 aliphatic heterocycles. The van der Waals surface area contributed by atoms with Crippen molar-refractivity contribution in [3.8, 4) is 5.75 Å². The van der Waals surface area contributed by atoms with Gasteiger partial charge in [0.1, 0.15) is 24.1 Å². The molecule has 4 N–H and O–H groups in total. The summed E-state index contributed by atoms with van der Waals surface area (Å²) in [7, 11) is 1.64. The first-order chi connectivity index (χ1) is 27.7. The zero-order chi connectivity index (χ0) is 43.7. The number of nitrogens with zero attached hydrogens (tertiary/aromatic N) is 2. The van der Waals surface area contributed by atoms with Gasteiger partial charge in [-0.2, -0.15) is 30.7 Å². The monoisotopic (exact) mass is 843 g/mol. The van der Waals surface area contributed by atoms with Crippen molar-refractivity contribution in [3.63, 3.8) is 0 Å². The Morgan fingerprint density at radius 3 is 2.34 bits per heavy atom. The van der Waals surface area contributed by atoms with Crippen molar-refractivity contribution in [3.05, 3.63) is 93.4 Å². The molecule has 0 aliphatic carbocycles. The SMILES string of the molecule is CN1CCCCC(=O)C(=C(O)CCc2ccc(C(F)(F)F)cc2C2=CCC=NC(C(F)(F)F)=C2)C(=O)CC1Cc1ccc(OCCN[C@@H](CC(=O)O)C(=O)O)c(F)c1F. The summed E-state index contributed by atoms with van der Waals surface area (Å²) in [6.45, 7) is -0.215. The molecule has 0 amide bonds. The van der Waals surface area contributed by atoms with Gasteiger partial charge in [-0.1, -0.05) is 18.2 Å². The van der Waals surface area contributed by atoms with Crippen molar-refractivity contribution < 1.29 is 74.4 Å². The summed E-state index contributed by atoms with van der Waals surface area (Å²) in [6.07, 6.45) is -8.65. The van der Waals surface area contributed by atoms with Gasteiger partial charge in [0, 0.05) is 44.5 Å². The van der Waals surface area contributed by atoms with Gasteiger partial charge >= 0.3 is 24.3 Å². The lowest BCUT2D eigenvalue weighted by atomic mass is 9.89. The van der Waals surface area contributed by atoms with Crippen molar-refractivity contribution in [2.75, 3.05) is 26.7 Å². The molecular weight excluding hydrogens is 802 g/mol. The molecule has 4 rings (SSSR count). The highest BCUT2D eigenvalue weighted by atomic mass is 19.4. The number of allylic oxidation sites excluding steroid dienone is 6. The first kappa shape index (κ1) is 46.3. The van der Waals surface area contributed by atoms with Crippen LogP contribution in [0.5, 0.6) is 5.75 Å². The Balaban J connectivity index is 1.56. The molecule has 2 heterocycles. The normalized spacial score (nSPS) is 18.8. The van der Waals surface area contributed by atoms with Crippen LogP contribution in [-0.2, 0) is 38.2 Å². The van der Waals surface area contributed by atoms with E-state index in [-0.39, 0.29) is 67.5 Å². The predicted octanol–water partition coefficient (Wildman–Crippen LogP) is 7.18. The number of aliphatic imine (C=N–C) groups is 1. The maximum Gasteiger partial charge on any atom is 0.433 e. The Morgan fingerprint density at radius 2 is 1.68 bits per heavy atom. The second kappa shape index (κ2) is 20.0. The van der Waals surface area contributed by atoms with Crippen LogP contribution in [-0.4, -0.2) is 94.9 Å². The Labute approximate surface area is 332 Å². The molecule has 59 heavy (non-hydrogen) atoms. The number of carbonyl (C=O) groups excluding carboxylic acids is 2. The van der Waals surface area contributed by atoms with E-state index in [2.05, 4.69) is 10.3 Å². The van der Waals surface area contributed by atoms with E-state index in [1.165, 1.54) is 12.1 Å². The number of hydrogen-bond donors (Lipinski definition) is 4. The van der Waals surface area contributed by atoms with Crippen LogP contribution in [0.4, 0.5) is 35.1 Å². The van der Waals surface area contributed by atoms with E-state index in [4.69, 9.17) is 14.9 Å². The number of likely N-dealkylation sites (N-methyl/N-ethyl adjacent to an activating group) is 1. The summed E-state index contributed by atoms with van der Waals surface area (Å²) in [5, 5.41) is 31.6. The Hall–Kier alpha value is -5.43. The van der Waals surface area contributed by atoms with Crippen LogP contribution >= 0.6 is 0 Å². The number of nitrogens with one attached hydrogen (secondary N) is 1. The minimum atomic E-state index is -4.91. The fourth-order valence-corrected chi connectivity index (χ4v) is 6.58. The molecule has 0 spiro atoms. The molecule has 19 heteroatoms. The van der Waals surface area contributed by atoms with Crippen LogP contribution < -0.4 is 10.1 Å². The molecule has 2 aromatic rings. The van der Waals surface area contributed by atoms with E-state index in [0.29, 0.717) is 25.1 Å². The van der Waals surface area contributed by atoms with E-state index >= 15 is 8.78 Å². The number of carbonyl (C=O) groups is 4. The van der Waals surface area contributed by atoms with Gasteiger partial charge < -0.3 is 30.3 Å². The van der Waals surface area contributed by atoms with E-state index in [0.717, 1.165) is 24.4 Å². The number of halogens is 8. The third-order valence-electron chi connectivity index (χ3n) is 9.70. The van der Waals surface area contributed by atoms with E-state index in [9.17, 15) is 50.6 Å². The molecule has 11 nitrogen and oxygen atoms in total. The Bertz CT molecular complexity index is 2040. The van der Waals surface area contributed by atoms with Crippen LogP contribution in [0, 0.1) is 11.6 Å². The van der Waals surface area contributed by atoms with Gasteiger partial charge in [-0.25, -0.2) is 4.39 Å². The van der Waals surface area contributed by atoms with Crippen molar-refractivity contribution >= 4 is 35.3 Å². The van der Waals surface area contributed by atoms with Crippen LogP contribution in [0.1, 0.15) is 67.2 Å². The number of aliphatic carboxylic acids is 2. The fraction of sp³-hybridized carbons (Fsp3) is 0.425. The molecule has 1 saturated heterocycles. The van der Waals surface area contributed by atoms with Gasteiger partial charge in [0.2, 0.25) is 5.82 Å². The largest absolute Gasteiger partial charge is 0.511 e. The van der Waals surface area contributed by atoms with E-state index < -0.39 is 107 Å². The topological polar surface area (TPSA) is 166 Å². The smallest absolute Gasteiger partial charge is 0.433 e. The summed E-state index contributed by atoms with van der Waals surface area (Å²) >= 11 is 0. The average molecular weight is 844 g/mol. The minimum Gasteiger partial charge on any atom is -0.511 e. The number of hydrogen-bond acceptors (Lipinski definition) is 9. The van der Waals surface area contributed by atoms with Crippen LogP contribution in [0.2, 0.25) is 0 Å². The second-order valence-corrected chi connectivity index (χ2v) is 13.9. The zero-order valence-corrected chi connectivity index (χ0v) is 31.6. The number of Topliss-reactive ketones (excluding diaryl/α,β-unsaturated/α-hetero) is 2. The average Bonchev–Trinajstić information content (AvgIpc) is 3.42. The number of ether oxygens (including phenoxy) is 1. The number of benzene rings is 2. The summed E-state index contributed by atoms with van der Waals surface area (Å²) in [5.74, 6) is -8.26. The number of carboxylic acid groups (broad SMARTS) is 2. The molecule has 0 saturated carbocycles. The number of aryl methyl sites for hydroxylation is 1. The molecule has 1 fully saturated rings. The molecule has 0 aromatic heterocycles. The van der Waals surface area contributed by atoms with Crippen molar-refractivity contribution in [2.24, 2.45) is 4.99 Å². The third-order valence-corrected chi connectivity index (χ3v) is 9.70. The number of ketones is 2. The number of alkyl halides is 6. The summed E-state index contributed by atoms with van der Waals surface area (Å²) < 4.78 is 118. The lowest BCUT2D eigenvalue weighted by molar-refractivity contribution is -0.145. The van der Waals surface area contributed by atoms with Gasteiger partial charge in [-0.3, -0.25) is 24.2 Å². The van der Waals surface area contributed by atoms with Crippen LogP contribution in [0.25, 0.3) is 5.57 Å². The van der Waals surface area contributed by atoms with Crippen molar-refractivity contribution in [1.29, 1.82) is 0 Å². The third kappa shape index (κ3) is 12.8. The molecule has 2 aromatic carbocycles. The molecule has 320 valence electrons. The molecule has 0 radical (unpaired) electrons. The Kier molecular flexibility index (Phi) is 15.7.